The fraction of sp³-hybridized carbons (Fsp3) is 0.413. The molecule has 0 aromatic heterocycles. The van der Waals surface area contributed by atoms with Crippen molar-refractivity contribution in [2.45, 2.75) is 56.9 Å². The number of amides is 1. The Labute approximate surface area is 379 Å². The fourth-order valence-corrected chi connectivity index (χ4v) is 9.84. The van der Waals surface area contributed by atoms with Gasteiger partial charge >= 0.3 is 0 Å². The third kappa shape index (κ3) is 11.3. The highest BCUT2D eigenvalue weighted by atomic mass is 35.5. The molecule has 17 heteroatoms. The van der Waals surface area contributed by atoms with Crippen LogP contribution in [0.15, 0.2) is 89.3 Å². The summed E-state index contributed by atoms with van der Waals surface area (Å²) >= 11 is 12.9. The van der Waals surface area contributed by atoms with Gasteiger partial charge in [0, 0.05) is 81.8 Å². The minimum absolute atomic E-state index is 0.00471. The molecular formula is C46H54Cl2N6O8S. The van der Waals surface area contributed by atoms with Gasteiger partial charge in [-0.05, 0) is 110 Å². The molecular weight excluding hydrogens is 868 g/mol. The van der Waals surface area contributed by atoms with E-state index in [1.165, 1.54) is 42.0 Å². The van der Waals surface area contributed by atoms with Gasteiger partial charge in [0.15, 0.2) is 6.79 Å². The summed E-state index contributed by atoms with van der Waals surface area (Å²) in [4.78, 5) is 31.7. The first kappa shape index (κ1) is 46.1. The molecule has 2 N–H and O–H groups in total. The van der Waals surface area contributed by atoms with E-state index < -0.39 is 25.7 Å². The number of anilines is 2. The summed E-state index contributed by atoms with van der Waals surface area (Å²) in [6.07, 6.45) is 4.72. The first-order chi connectivity index (χ1) is 30.1. The second-order valence-electron chi connectivity index (χ2n) is 17.1. The molecule has 14 nitrogen and oxygen atoms in total. The van der Waals surface area contributed by atoms with E-state index in [0.717, 1.165) is 81.6 Å². The average Bonchev–Trinajstić information content (AvgIpc) is 3.27. The van der Waals surface area contributed by atoms with E-state index in [9.17, 15) is 23.3 Å². The van der Waals surface area contributed by atoms with Crippen molar-refractivity contribution in [2.75, 3.05) is 76.6 Å². The highest BCUT2D eigenvalue weighted by Gasteiger charge is 2.31. The molecule has 0 radical (unpaired) electrons. The van der Waals surface area contributed by atoms with E-state index >= 15 is 0 Å². The molecule has 2 fully saturated rings. The summed E-state index contributed by atoms with van der Waals surface area (Å²) in [5, 5.41) is 16.4. The number of nitro benzene ring substituents is 1. The van der Waals surface area contributed by atoms with Gasteiger partial charge in [-0.2, -0.15) is 0 Å². The number of methoxy groups -OCH3 is 1. The van der Waals surface area contributed by atoms with E-state index in [4.69, 9.17) is 37.4 Å². The number of nitrogens with one attached hydrogen (secondary N) is 2. The SMILES string of the molecule is COCOc1ccc(Oc2cc(N3CCN(CC4=C(c5ccc(Cl)cc5)CC(C)(C)CC4)CC3)ccc2C(=O)NS(=O)(=O)c2ccc(N(C)C3CCNCC3)c([N+](=O)[O-])c2)c(Cl)c1. The Morgan fingerprint density at radius 2 is 1.70 bits per heavy atom. The number of hydrogen-bond donors (Lipinski definition) is 2. The van der Waals surface area contributed by atoms with Crippen LogP contribution in [0, 0.1) is 15.5 Å². The molecule has 3 aliphatic rings. The van der Waals surface area contributed by atoms with Crippen molar-refractivity contribution in [1.82, 2.24) is 14.9 Å². The Bertz CT molecular complexity index is 2450. The number of hydrogen-bond acceptors (Lipinski definition) is 12. The fourth-order valence-electron chi connectivity index (χ4n) is 8.52. The van der Waals surface area contributed by atoms with Crippen LogP contribution in [-0.4, -0.2) is 97.0 Å². The smallest absolute Gasteiger partial charge is 0.293 e. The van der Waals surface area contributed by atoms with E-state index in [0.29, 0.717) is 18.8 Å². The van der Waals surface area contributed by atoms with E-state index in [2.05, 4.69) is 45.8 Å². The van der Waals surface area contributed by atoms with Crippen LogP contribution in [-0.2, 0) is 14.8 Å². The molecule has 0 unspecified atom stereocenters. The molecule has 2 heterocycles. The van der Waals surface area contributed by atoms with Crippen LogP contribution in [0.2, 0.25) is 10.0 Å². The van der Waals surface area contributed by atoms with Gasteiger partial charge in [0.2, 0.25) is 0 Å². The quantitative estimate of drug-likeness (QED) is 0.0665. The number of carbonyl (C=O) groups excluding carboxylic acids is 1. The Balaban J connectivity index is 1.12. The van der Waals surface area contributed by atoms with Crippen LogP contribution >= 0.6 is 23.2 Å². The Hall–Kier alpha value is -4.90. The lowest BCUT2D eigenvalue weighted by atomic mass is 9.72. The highest BCUT2D eigenvalue weighted by Crippen LogP contribution is 2.44. The van der Waals surface area contributed by atoms with Crippen molar-refractivity contribution in [3.8, 4) is 17.2 Å². The third-order valence-electron chi connectivity index (χ3n) is 12.1. The molecule has 0 atom stereocenters. The topological polar surface area (TPSA) is 156 Å². The summed E-state index contributed by atoms with van der Waals surface area (Å²) in [5.41, 5.74) is 4.88. The molecule has 4 aromatic carbocycles. The first-order valence-corrected chi connectivity index (χ1v) is 23.3. The lowest BCUT2D eigenvalue weighted by Crippen LogP contribution is -2.47. The number of carbonyl (C=O) groups is 1. The number of piperidine rings is 1. The van der Waals surface area contributed by atoms with Gasteiger partial charge in [-0.15, -0.1) is 0 Å². The number of piperazine rings is 1. The second kappa shape index (κ2) is 19.9. The normalized spacial score (nSPS) is 17.3. The van der Waals surface area contributed by atoms with Crippen molar-refractivity contribution in [3.63, 3.8) is 0 Å². The van der Waals surface area contributed by atoms with Gasteiger partial charge in [-0.3, -0.25) is 19.8 Å². The molecule has 63 heavy (non-hydrogen) atoms. The number of nitro groups is 1. The molecule has 4 aromatic rings. The number of nitrogens with zero attached hydrogens (tertiary/aromatic N) is 4. The summed E-state index contributed by atoms with van der Waals surface area (Å²) < 4.78 is 46.5. The third-order valence-corrected chi connectivity index (χ3v) is 14.0. The lowest BCUT2D eigenvalue weighted by molar-refractivity contribution is -0.384. The minimum Gasteiger partial charge on any atom is -0.468 e. The van der Waals surface area contributed by atoms with Crippen molar-refractivity contribution in [1.29, 1.82) is 0 Å². The largest absolute Gasteiger partial charge is 0.468 e. The van der Waals surface area contributed by atoms with Gasteiger partial charge in [0.05, 0.1) is 20.4 Å². The molecule has 7 rings (SSSR count). The van der Waals surface area contributed by atoms with Gasteiger partial charge in [0.1, 0.15) is 22.9 Å². The van der Waals surface area contributed by atoms with E-state index in [-0.39, 0.29) is 51.7 Å². The molecule has 1 amide bonds. The number of rotatable bonds is 15. The van der Waals surface area contributed by atoms with E-state index in [1.54, 1.807) is 37.4 Å². The summed E-state index contributed by atoms with van der Waals surface area (Å²) in [7, 11) is -1.33. The molecule has 2 saturated heterocycles. The summed E-state index contributed by atoms with van der Waals surface area (Å²) in [6, 6.07) is 21.6. The summed E-state index contributed by atoms with van der Waals surface area (Å²) in [5.74, 6) is -0.302. The number of ether oxygens (including phenoxy) is 3. The number of benzene rings is 4. The second-order valence-corrected chi connectivity index (χ2v) is 19.6. The van der Waals surface area contributed by atoms with Crippen LogP contribution in [0.5, 0.6) is 17.2 Å². The molecule has 2 aliphatic heterocycles. The van der Waals surface area contributed by atoms with Gasteiger partial charge in [0.25, 0.3) is 21.6 Å². The molecule has 0 saturated carbocycles. The monoisotopic (exact) mass is 920 g/mol. The zero-order chi connectivity index (χ0) is 44.9. The molecule has 0 bridgehead atoms. The Morgan fingerprint density at radius 1 is 0.968 bits per heavy atom. The maximum atomic E-state index is 14.0. The maximum Gasteiger partial charge on any atom is 0.293 e. The number of sulfonamides is 1. The molecule has 1 aliphatic carbocycles. The highest BCUT2D eigenvalue weighted by molar-refractivity contribution is 7.90. The van der Waals surface area contributed by atoms with Gasteiger partial charge in [-0.25, -0.2) is 13.1 Å². The van der Waals surface area contributed by atoms with Crippen LogP contribution in [0.25, 0.3) is 5.57 Å². The summed E-state index contributed by atoms with van der Waals surface area (Å²) in [6.45, 7) is 10.1. The Kier molecular flexibility index (Phi) is 14.5. The maximum absolute atomic E-state index is 14.0. The Morgan fingerprint density at radius 3 is 2.38 bits per heavy atom. The number of allylic oxidation sites excluding steroid dienone is 1. The van der Waals surface area contributed by atoms with Gasteiger partial charge in [-0.1, -0.05) is 54.8 Å². The van der Waals surface area contributed by atoms with Crippen molar-refractivity contribution >= 4 is 61.8 Å². The first-order valence-electron chi connectivity index (χ1n) is 21.1. The molecule has 336 valence electrons. The molecule has 0 spiro atoms. The van der Waals surface area contributed by atoms with Crippen molar-refractivity contribution in [2.24, 2.45) is 5.41 Å². The standard InChI is InChI=1S/C46H54Cl2N6O8S/c1-46(2)18-15-32(39(28-46)31-5-7-33(47)8-6-31)29-52-21-23-53(24-22-52)35-9-12-38(44(25-35)62-43-14-10-36(26-40(43)48)61-30-60-4)45(55)50-63(58,59)37-11-13-41(42(27-37)54(56)57)51(3)34-16-19-49-20-17-34/h5-14,25-27,34,49H,15-24,28-30H2,1-4H3,(H,50,55). The lowest BCUT2D eigenvalue weighted by Gasteiger charge is -2.39. The zero-order valence-corrected chi connectivity index (χ0v) is 38.3. The number of halogens is 2. The predicted molar refractivity (Wildman–Crippen MR) is 247 cm³/mol. The zero-order valence-electron chi connectivity index (χ0n) is 36.0. The van der Waals surface area contributed by atoms with Crippen LogP contribution in [0.4, 0.5) is 17.1 Å². The average molecular weight is 922 g/mol. The van der Waals surface area contributed by atoms with Crippen LogP contribution < -0.4 is 29.3 Å². The van der Waals surface area contributed by atoms with Gasteiger partial charge < -0.3 is 29.3 Å². The van der Waals surface area contributed by atoms with Crippen LogP contribution in [0.1, 0.15) is 61.9 Å². The van der Waals surface area contributed by atoms with Crippen molar-refractivity contribution in [3.05, 3.63) is 116 Å². The van der Waals surface area contributed by atoms with Crippen LogP contribution in [0.3, 0.4) is 0 Å². The van der Waals surface area contributed by atoms with E-state index in [1.807, 2.05) is 17.0 Å². The minimum atomic E-state index is -4.59. The van der Waals surface area contributed by atoms with Crippen molar-refractivity contribution < 1.29 is 32.3 Å². The predicted octanol–water partition coefficient (Wildman–Crippen LogP) is 8.77.